The Labute approximate surface area is 501 Å². The Hall–Kier alpha value is -9.48. The van der Waals surface area contributed by atoms with E-state index in [1.807, 2.05) is 53.4 Å². The van der Waals surface area contributed by atoms with Crippen molar-refractivity contribution in [2.24, 2.45) is 23.7 Å². The maximum Gasteiger partial charge on any atom is 0.378 e. The van der Waals surface area contributed by atoms with E-state index in [9.17, 15) is 61.4 Å². The Morgan fingerprint density at radius 3 is 1.59 bits per heavy atom. The molecule has 462 valence electrons. The van der Waals surface area contributed by atoms with Crippen molar-refractivity contribution in [2.75, 3.05) is 19.8 Å². The average molecular weight is 1220 g/mol. The first-order chi connectivity index (χ1) is 42.2. The zero-order chi connectivity index (χ0) is 62.8. The minimum atomic E-state index is -1.18. The van der Waals surface area contributed by atoms with Crippen LogP contribution < -0.4 is 31.1 Å². The monoisotopic (exact) mass is 1220 g/mol. The number of ether oxygens (including phenoxy) is 5. The maximum absolute atomic E-state index is 13.8. The molecule has 24 heteroatoms. The van der Waals surface area contributed by atoms with E-state index in [1.54, 1.807) is 42.4 Å². The van der Waals surface area contributed by atoms with Crippen LogP contribution in [-0.2, 0) is 47.1 Å². The molecule has 4 aliphatic heterocycles. The summed E-state index contributed by atoms with van der Waals surface area (Å²) >= 11 is 0. The van der Waals surface area contributed by atoms with Crippen LogP contribution in [0.2, 0.25) is 0 Å². The minimum absolute atomic E-state index is 0.0181. The fourth-order valence-corrected chi connectivity index (χ4v) is 13.0. The summed E-state index contributed by atoms with van der Waals surface area (Å²) in [4.78, 5) is 118. The van der Waals surface area contributed by atoms with Gasteiger partial charge in [0.1, 0.15) is 53.6 Å². The molecule has 4 fully saturated rings. The zero-order valence-electron chi connectivity index (χ0n) is 48.8. The summed E-state index contributed by atoms with van der Waals surface area (Å²) in [6.07, 6.45) is 7.53. The average Bonchev–Trinajstić information content (AvgIpc) is 1.38. The van der Waals surface area contributed by atoms with Crippen LogP contribution in [0, 0.1) is 41.1 Å². The molecule has 2 saturated carbocycles. The van der Waals surface area contributed by atoms with Crippen molar-refractivity contribution in [3.05, 3.63) is 190 Å². The van der Waals surface area contributed by atoms with Gasteiger partial charge in [-0.1, -0.05) is 74.5 Å². The first-order valence-electron chi connectivity index (χ1n) is 29.1. The lowest BCUT2D eigenvalue weighted by atomic mass is 9.91. The molecule has 12 rings (SSSR count). The summed E-state index contributed by atoms with van der Waals surface area (Å²) in [6.45, 7) is 9.96. The van der Waals surface area contributed by atoms with Crippen molar-refractivity contribution < 1.29 is 75.1 Å². The number of carbonyl (C=O) groups excluding carboxylic acids is 6. The molecule has 4 bridgehead atoms. The second-order valence-electron chi connectivity index (χ2n) is 22.4. The third-order valence-corrected chi connectivity index (χ3v) is 17.0. The molecule has 21 nitrogen and oxygen atoms in total. The third-order valence-electron chi connectivity index (χ3n) is 17.0. The molecule has 8 atom stereocenters. The highest BCUT2D eigenvalue weighted by atomic mass is 19.1. The van der Waals surface area contributed by atoms with Crippen LogP contribution in [0.5, 0.6) is 17.2 Å². The normalized spacial score (nSPS) is 21.3. The largest absolute Gasteiger partial charge is 0.503 e. The van der Waals surface area contributed by atoms with E-state index in [4.69, 9.17) is 28.1 Å². The predicted octanol–water partition coefficient (Wildman–Crippen LogP) is 7.58. The molecule has 7 heterocycles. The van der Waals surface area contributed by atoms with Gasteiger partial charge in [0, 0.05) is 61.8 Å². The van der Waals surface area contributed by atoms with Gasteiger partial charge in [-0.25, -0.2) is 27.6 Å². The van der Waals surface area contributed by atoms with E-state index < -0.39 is 92.6 Å². The van der Waals surface area contributed by atoms with Crippen molar-refractivity contribution >= 4 is 35.6 Å². The first kappa shape index (κ1) is 61.6. The molecule has 6 aromatic rings. The van der Waals surface area contributed by atoms with Gasteiger partial charge < -0.3 is 57.5 Å². The van der Waals surface area contributed by atoms with Crippen molar-refractivity contribution in [2.45, 2.75) is 117 Å². The molecule has 6 aliphatic rings. The summed E-state index contributed by atoms with van der Waals surface area (Å²) in [7, 11) is 0. The number of piperidine rings is 2. The lowest BCUT2D eigenvalue weighted by Gasteiger charge is -2.43. The summed E-state index contributed by atoms with van der Waals surface area (Å²) in [5.41, 5.74) is -2.15. The van der Waals surface area contributed by atoms with Gasteiger partial charge in [-0.05, 0) is 81.3 Å². The van der Waals surface area contributed by atoms with Crippen LogP contribution in [0.3, 0.4) is 0 Å². The molecule has 3 aromatic heterocycles. The van der Waals surface area contributed by atoms with Crippen LogP contribution in [0.4, 0.5) is 13.2 Å². The number of rotatable bonds is 15. The van der Waals surface area contributed by atoms with Crippen molar-refractivity contribution in [1.29, 1.82) is 0 Å². The van der Waals surface area contributed by atoms with Crippen LogP contribution in [0.25, 0.3) is 0 Å². The SMILES string of the molecule is CCOC(=O)c1cn2c(c(OCc3ccccc3)c1=O)C(=O)N1[C@@H]3C[C@@H](C[C@@H]3C)[C@@H]1C2.CCOC(=O)c1occ(C(=O)OCC)c(=O)c1OCc1ccccc1.C[C@H]1C[C@@H]2C[C@H]1N1C(=O)c3c(O)c(=O)c(C(=O)NCc4c(F)cc(F)cc4F)cn3C[C@@H]21. The highest BCUT2D eigenvalue weighted by Crippen LogP contribution is 2.50. The number of nitrogens with zero attached hydrogens (tertiary/aromatic N) is 4. The number of hydrogen-bond donors (Lipinski definition) is 2. The standard InChI is InChI=1S/C24H26N2O5.C22H20F3N3O4.C18H18O7/c1-3-30-24(29)17-11-25-12-19-16-9-14(2)18(10-16)26(19)23(28)20(25)22(21(17)27)31-13-15-7-5-4-6-8-15;1-9-2-10-3-16(9)28-17(10)8-27-7-13(19(29)20(30)18(27)22(28)32)21(31)26-6-12-14(24)4-11(23)5-15(12)25;1-3-22-17(20)13-11-25-16(18(21)23-4-2)15(14(13)19)24-10-12-8-6-5-7-9-12/h4-8,11,14,16,18-19H,3,9-10,12-13H2,1-2H3;4-5,7,9-10,16-17,30H,2-3,6,8H2,1H3,(H,26,31);5-9,11H,3-4,10H2,1-2H3/t14-,16+,18+,19-;9-,10+,16+,17-;/m00./s1. The van der Waals surface area contributed by atoms with Crippen molar-refractivity contribution in [3.8, 4) is 17.2 Å². The van der Waals surface area contributed by atoms with E-state index in [0.29, 0.717) is 48.9 Å². The minimum Gasteiger partial charge on any atom is -0.503 e. The Kier molecular flexibility index (Phi) is 18.1. The molecule has 0 unspecified atom stereocenters. The second-order valence-corrected chi connectivity index (χ2v) is 22.4. The number of aromatic hydroxyl groups is 1. The zero-order valence-corrected chi connectivity index (χ0v) is 48.8. The Morgan fingerprint density at radius 1 is 0.591 bits per heavy atom. The molecule has 2 aliphatic carbocycles. The van der Waals surface area contributed by atoms with Gasteiger partial charge in [-0.3, -0.25) is 28.8 Å². The van der Waals surface area contributed by atoms with Gasteiger partial charge in [0.2, 0.25) is 22.0 Å². The summed E-state index contributed by atoms with van der Waals surface area (Å²) < 4.78 is 75.2. The molecule has 0 radical (unpaired) electrons. The Balaban J connectivity index is 0.000000147. The lowest BCUT2D eigenvalue weighted by Crippen LogP contribution is -2.54. The topological polar surface area (TPSA) is 262 Å². The molecule has 3 amide bonds. The van der Waals surface area contributed by atoms with E-state index in [2.05, 4.69) is 19.2 Å². The summed E-state index contributed by atoms with van der Waals surface area (Å²) in [5.74, 6) is -7.51. The van der Waals surface area contributed by atoms with E-state index in [0.717, 1.165) is 43.1 Å². The van der Waals surface area contributed by atoms with Gasteiger partial charge in [-0.15, -0.1) is 0 Å². The number of benzene rings is 3. The van der Waals surface area contributed by atoms with E-state index in [1.165, 1.54) is 17.0 Å². The fourth-order valence-electron chi connectivity index (χ4n) is 13.0. The molecular formula is C64H64F3N5O16. The first-order valence-corrected chi connectivity index (χ1v) is 29.1. The van der Waals surface area contributed by atoms with Crippen LogP contribution in [-0.4, -0.2) is 104 Å². The molecule has 0 spiro atoms. The van der Waals surface area contributed by atoms with Crippen LogP contribution in [0.1, 0.15) is 140 Å². The number of esters is 3. The number of nitrogens with one attached hydrogen (secondary N) is 1. The number of amides is 3. The number of hydrogen-bond acceptors (Lipinski definition) is 16. The third kappa shape index (κ3) is 11.9. The number of carbonyl (C=O) groups is 6. The van der Waals surface area contributed by atoms with Gasteiger partial charge in [0.05, 0.1) is 31.9 Å². The lowest BCUT2D eigenvalue weighted by molar-refractivity contribution is 0.0386. The number of halogens is 3. The highest BCUT2D eigenvalue weighted by molar-refractivity contribution is 6.00. The molecule has 2 N–H and O–H groups in total. The van der Waals surface area contributed by atoms with Gasteiger partial charge in [0.25, 0.3) is 23.5 Å². The van der Waals surface area contributed by atoms with Gasteiger partial charge in [-0.2, -0.15) is 0 Å². The van der Waals surface area contributed by atoms with Crippen LogP contribution in [0.15, 0.2) is 110 Å². The van der Waals surface area contributed by atoms with E-state index >= 15 is 0 Å². The van der Waals surface area contributed by atoms with Crippen molar-refractivity contribution in [3.63, 3.8) is 0 Å². The number of fused-ring (bicyclic) bond motifs is 12. The Bertz CT molecular complexity index is 3890. The van der Waals surface area contributed by atoms with Gasteiger partial charge >= 0.3 is 17.9 Å². The molecular weight excluding hydrogens is 1150 g/mol. The number of aromatic nitrogens is 2. The van der Waals surface area contributed by atoms with Gasteiger partial charge in [0.15, 0.2) is 22.9 Å². The molecule has 88 heavy (non-hydrogen) atoms. The maximum atomic E-state index is 13.8. The fraction of sp³-hybridized carbons (Fsp3) is 0.391. The highest BCUT2D eigenvalue weighted by Gasteiger charge is 2.56. The molecule has 2 saturated heterocycles. The smallest absolute Gasteiger partial charge is 0.378 e. The summed E-state index contributed by atoms with van der Waals surface area (Å²) in [5, 5.41) is 12.7. The summed E-state index contributed by atoms with van der Waals surface area (Å²) in [6, 6.07) is 19.7. The quantitative estimate of drug-likeness (QED) is 0.0741. The van der Waals surface area contributed by atoms with Crippen LogP contribution >= 0.6 is 0 Å². The number of pyridine rings is 2. The Morgan fingerprint density at radius 2 is 1.06 bits per heavy atom. The molecule has 3 aromatic carbocycles. The van der Waals surface area contributed by atoms with Crippen molar-refractivity contribution in [1.82, 2.24) is 24.3 Å². The van der Waals surface area contributed by atoms with E-state index in [-0.39, 0.29) is 97.1 Å². The predicted molar refractivity (Wildman–Crippen MR) is 306 cm³/mol. The second kappa shape index (κ2) is 25.8.